The number of carbonyl (C=O) groups excluding carboxylic acids is 5. The van der Waals surface area contributed by atoms with Gasteiger partial charge in [-0.05, 0) is 97.5 Å². The van der Waals surface area contributed by atoms with Crippen molar-refractivity contribution >= 4 is 76.6 Å². The summed E-state index contributed by atoms with van der Waals surface area (Å²) in [6.45, 7) is 3.73. The number of carbonyl (C=O) groups is 5. The molecule has 55 heavy (non-hydrogen) atoms. The third-order valence-corrected chi connectivity index (χ3v) is 8.80. The molecule has 0 saturated heterocycles. The maximum absolute atomic E-state index is 14.2. The smallest absolute Gasteiger partial charge is 0.310 e. The molecule has 2 atom stereocenters. The van der Waals surface area contributed by atoms with Crippen molar-refractivity contribution in [1.82, 2.24) is 5.32 Å². The van der Waals surface area contributed by atoms with Crippen LogP contribution in [0, 0.1) is 23.3 Å². The number of rotatable bonds is 5. The Kier molecular flexibility index (Phi) is 15.8. The van der Waals surface area contributed by atoms with Gasteiger partial charge in [-0.25, -0.2) is 17.6 Å². The van der Waals surface area contributed by atoms with Gasteiger partial charge in [0.05, 0.1) is 16.1 Å². The fourth-order valence-corrected chi connectivity index (χ4v) is 6.39. The van der Waals surface area contributed by atoms with Crippen LogP contribution in [0.5, 0.6) is 0 Å². The number of anilines is 2. The summed E-state index contributed by atoms with van der Waals surface area (Å²) in [5.74, 6) is -4.20. The van der Waals surface area contributed by atoms with E-state index < -0.39 is 47.2 Å². The Morgan fingerprint density at radius 1 is 0.655 bits per heavy atom. The molecule has 6 rings (SSSR count). The van der Waals surface area contributed by atoms with Crippen molar-refractivity contribution in [3.63, 3.8) is 0 Å². The highest BCUT2D eigenvalue weighted by atomic mass is 35.5. The summed E-state index contributed by atoms with van der Waals surface area (Å²) in [5.41, 5.74) is 9.25. The minimum Gasteiger partial charge on any atom is -0.394 e. The molecule has 17 heteroatoms. The van der Waals surface area contributed by atoms with Crippen LogP contribution in [-0.4, -0.2) is 29.7 Å². The molecular formula is C38H35Cl3F4N4O6. The summed E-state index contributed by atoms with van der Waals surface area (Å²) in [6, 6.07) is 12.2. The zero-order chi connectivity index (χ0) is 39.9. The third kappa shape index (κ3) is 11.5. The van der Waals surface area contributed by atoms with Gasteiger partial charge in [0, 0.05) is 60.4 Å². The van der Waals surface area contributed by atoms with Crippen LogP contribution < -0.4 is 21.7 Å². The van der Waals surface area contributed by atoms with E-state index >= 15 is 0 Å². The number of hydrogen-bond acceptors (Lipinski definition) is 7. The van der Waals surface area contributed by atoms with Crippen molar-refractivity contribution in [2.45, 2.75) is 58.5 Å². The Balaban J connectivity index is 0.000000250. The van der Waals surface area contributed by atoms with Gasteiger partial charge in [-0.3, -0.25) is 24.0 Å². The summed E-state index contributed by atoms with van der Waals surface area (Å²) in [7, 11) is 0. The zero-order valence-electron chi connectivity index (χ0n) is 29.5. The first-order valence-electron chi connectivity index (χ1n) is 16.3. The van der Waals surface area contributed by atoms with Crippen LogP contribution in [0.4, 0.5) is 28.9 Å². The first kappa shape index (κ1) is 44.4. The summed E-state index contributed by atoms with van der Waals surface area (Å²) in [5, 5.41) is 7.78. The average molecular weight is 826 g/mol. The third-order valence-electron chi connectivity index (χ3n) is 8.22. The van der Waals surface area contributed by atoms with Crippen molar-refractivity contribution in [3.8, 4) is 0 Å². The monoisotopic (exact) mass is 824 g/mol. The summed E-state index contributed by atoms with van der Waals surface area (Å²) in [6.07, 6.45) is 2.17. The lowest BCUT2D eigenvalue weighted by Gasteiger charge is -2.15. The molecule has 2 aliphatic carbocycles. The summed E-state index contributed by atoms with van der Waals surface area (Å²) in [4.78, 5) is 55.8. The first-order valence-corrected chi connectivity index (χ1v) is 17.1. The second kappa shape index (κ2) is 19.5. The van der Waals surface area contributed by atoms with Crippen LogP contribution in [-0.2, 0) is 32.0 Å². The molecule has 0 heterocycles. The quantitative estimate of drug-likeness (QED) is 0.0896. The number of ether oxygens (including phenoxy) is 1. The Bertz CT molecular complexity index is 2130. The molecule has 0 aromatic heterocycles. The molecule has 5 N–H and O–H groups in total. The number of fused-ring (bicyclic) bond motifs is 2. The van der Waals surface area contributed by atoms with Crippen LogP contribution in [0.1, 0.15) is 88.7 Å². The van der Waals surface area contributed by atoms with Crippen molar-refractivity contribution < 1.29 is 46.3 Å². The molecule has 0 saturated carbocycles. The largest absolute Gasteiger partial charge is 0.394 e. The van der Waals surface area contributed by atoms with Crippen LogP contribution in [0.2, 0.25) is 10.0 Å². The van der Waals surface area contributed by atoms with E-state index in [1.807, 2.05) is 0 Å². The number of nitrogens with one attached hydrogen (secondary N) is 3. The maximum atomic E-state index is 14.2. The molecule has 3 amide bonds. The second-order valence-corrected chi connectivity index (χ2v) is 13.0. The number of esters is 2. The van der Waals surface area contributed by atoms with Gasteiger partial charge >= 0.3 is 11.9 Å². The molecular weight excluding hydrogens is 791 g/mol. The molecule has 0 unspecified atom stereocenters. The van der Waals surface area contributed by atoms with E-state index in [9.17, 15) is 41.5 Å². The van der Waals surface area contributed by atoms with Crippen molar-refractivity contribution in [1.29, 1.82) is 0 Å². The minimum absolute atomic E-state index is 0. The molecule has 0 radical (unpaired) electrons. The fraction of sp³-hybridized carbons (Fsp3) is 0.237. The van der Waals surface area contributed by atoms with E-state index in [0.717, 1.165) is 6.07 Å². The lowest BCUT2D eigenvalue weighted by Crippen LogP contribution is -2.25. The fourth-order valence-electron chi connectivity index (χ4n) is 6.03. The number of nitrogens with two attached hydrogens (primary N) is 1. The van der Waals surface area contributed by atoms with Gasteiger partial charge in [0.25, 0.3) is 11.8 Å². The maximum Gasteiger partial charge on any atom is 0.310 e. The standard InChI is InChI=1S/C18H15ClF2N2O2.C16H13ClF2N2O.C4H6O3.ClH/c1-9(24)22-16-7-4-11-12(3-6-15(21)17(11)16)18(25)23-10-2-5-14(20)13(19)8-10;17-11-7-8(1-4-12(11)18)21-16(22)10-2-5-13(19)15-9(10)3-6-14(15)20;1-3(5)7-4(2)6;/h2-3,5-6,8,16H,4,7H2,1H3,(H,22,24)(H,23,25);1-2,4-5,7,14H,3,6,20H2,(H,21,22);1-2H3;1H/t16-;14-;;/m00../s1. The van der Waals surface area contributed by atoms with Gasteiger partial charge in [0.15, 0.2) is 0 Å². The first-order chi connectivity index (χ1) is 25.5. The van der Waals surface area contributed by atoms with Gasteiger partial charge < -0.3 is 26.4 Å². The minimum atomic E-state index is -0.583. The molecule has 0 spiro atoms. The Morgan fingerprint density at radius 3 is 1.49 bits per heavy atom. The van der Waals surface area contributed by atoms with Crippen molar-refractivity contribution in [2.24, 2.45) is 5.73 Å². The van der Waals surface area contributed by atoms with Crippen LogP contribution in [0.25, 0.3) is 0 Å². The average Bonchev–Trinajstić information content (AvgIpc) is 3.69. The Labute approximate surface area is 329 Å². The zero-order valence-corrected chi connectivity index (χ0v) is 31.8. The van der Waals surface area contributed by atoms with E-state index in [-0.39, 0.29) is 40.2 Å². The van der Waals surface area contributed by atoms with Gasteiger partial charge in [-0.15, -0.1) is 12.4 Å². The molecule has 4 aromatic carbocycles. The Hall–Kier alpha value is -5.02. The van der Waals surface area contributed by atoms with Gasteiger partial charge in [-0.2, -0.15) is 0 Å². The van der Waals surface area contributed by atoms with Gasteiger partial charge in [0.1, 0.15) is 23.3 Å². The number of halogens is 7. The van der Waals surface area contributed by atoms with E-state index in [1.165, 1.54) is 75.4 Å². The molecule has 0 aliphatic heterocycles. The highest BCUT2D eigenvalue weighted by molar-refractivity contribution is 6.31. The van der Waals surface area contributed by atoms with E-state index in [4.69, 9.17) is 28.9 Å². The molecule has 0 bridgehead atoms. The van der Waals surface area contributed by atoms with Crippen LogP contribution in [0.15, 0.2) is 60.7 Å². The van der Waals surface area contributed by atoms with Crippen LogP contribution in [0.3, 0.4) is 0 Å². The van der Waals surface area contributed by atoms with Gasteiger partial charge in [-0.1, -0.05) is 23.2 Å². The number of benzene rings is 4. The van der Waals surface area contributed by atoms with E-state index in [0.29, 0.717) is 70.4 Å². The lowest BCUT2D eigenvalue weighted by molar-refractivity contribution is -0.156. The predicted molar refractivity (Wildman–Crippen MR) is 201 cm³/mol. The van der Waals surface area contributed by atoms with Crippen LogP contribution >= 0.6 is 35.6 Å². The summed E-state index contributed by atoms with van der Waals surface area (Å²) < 4.78 is 58.4. The second-order valence-electron chi connectivity index (χ2n) is 12.2. The molecule has 10 nitrogen and oxygen atoms in total. The molecule has 292 valence electrons. The molecule has 0 fully saturated rings. The van der Waals surface area contributed by atoms with E-state index in [2.05, 4.69) is 20.7 Å². The lowest BCUT2D eigenvalue weighted by atomic mass is 10.0. The molecule has 2 aliphatic rings. The number of amides is 3. The normalized spacial score (nSPS) is 14.7. The molecule has 4 aromatic rings. The van der Waals surface area contributed by atoms with Crippen molar-refractivity contribution in [3.05, 3.63) is 127 Å². The van der Waals surface area contributed by atoms with Gasteiger partial charge in [0.2, 0.25) is 5.91 Å². The summed E-state index contributed by atoms with van der Waals surface area (Å²) >= 11 is 11.4. The highest BCUT2D eigenvalue weighted by Crippen LogP contribution is 2.36. The van der Waals surface area contributed by atoms with Crippen molar-refractivity contribution in [2.75, 3.05) is 10.6 Å². The highest BCUT2D eigenvalue weighted by Gasteiger charge is 2.31. The predicted octanol–water partition coefficient (Wildman–Crippen LogP) is 8.33. The number of hydrogen-bond donors (Lipinski definition) is 4. The topological polar surface area (TPSA) is 157 Å². The van der Waals surface area contributed by atoms with E-state index in [1.54, 1.807) is 0 Å². The SMILES string of the molecule is CC(=O)N[C@H]1CCc2c(C(=O)Nc3ccc(F)c(Cl)c3)ccc(F)c21.CC(=O)OC(C)=O.Cl.N[C@H]1CCc2c(C(=O)Nc3ccc(F)c(Cl)c3)ccc(F)c21. The Morgan fingerprint density at radius 2 is 1.07 bits per heavy atom.